The highest BCUT2D eigenvalue weighted by molar-refractivity contribution is 5.89. The minimum absolute atomic E-state index is 0.0254. The zero-order chi connectivity index (χ0) is 18.1. The fourth-order valence-electron chi connectivity index (χ4n) is 1.90. The summed E-state index contributed by atoms with van der Waals surface area (Å²) in [5, 5.41) is 11.6. The van der Waals surface area contributed by atoms with Crippen molar-refractivity contribution >= 4 is 5.97 Å². The Morgan fingerprint density at radius 2 is 1.64 bits per heavy atom. The van der Waals surface area contributed by atoms with Crippen LogP contribution >= 0.6 is 0 Å². The van der Waals surface area contributed by atoms with Gasteiger partial charge in [-0.15, -0.1) is 0 Å². The lowest BCUT2D eigenvalue weighted by Gasteiger charge is -2.08. The van der Waals surface area contributed by atoms with Crippen molar-refractivity contribution in [2.75, 3.05) is 20.3 Å². The molecular formula is C19H17NO5. The fourth-order valence-corrected chi connectivity index (χ4v) is 1.90. The Morgan fingerprint density at radius 3 is 2.12 bits per heavy atom. The quantitative estimate of drug-likeness (QED) is 0.496. The van der Waals surface area contributed by atoms with Crippen molar-refractivity contribution in [1.82, 2.24) is 0 Å². The molecule has 25 heavy (non-hydrogen) atoms. The molecule has 0 aromatic heterocycles. The number of ether oxygens (including phenoxy) is 2. The molecular weight excluding hydrogens is 322 g/mol. The van der Waals surface area contributed by atoms with Gasteiger partial charge >= 0.3 is 5.97 Å². The Kier molecular flexibility index (Phi) is 6.69. The number of aliphatic hydroxyl groups excluding tert-OH is 1. The third kappa shape index (κ3) is 5.44. The number of nitrogens with zero attached hydrogens (tertiary/aromatic N) is 1. The number of nitroso groups, excluding NO2 is 1. The number of rotatable bonds is 6. The van der Waals surface area contributed by atoms with Gasteiger partial charge in [-0.2, -0.15) is 4.91 Å². The van der Waals surface area contributed by atoms with Gasteiger partial charge in [-0.1, -0.05) is 17.0 Å². The number of esters is 1. The summed E-state index contributed by atoms with van der Waals surface area (Å²) in [4.78, 5) is 21.7. The summed E-state index contributed by atoms with van der Waals surface area (Å²) in [5.41, 5.74) is 2.04. The Hall–Kier alpha value is -3.17. The van der Waals surface area contributed by atoms with Crippen LogP contribution < -0.4 is 4.74 Å². The lowest BCUT2D eigenvalue weighted by Crippen LogP contribution is -2.19. The highest BCUT2D eigenvalue weighted by Gasteiger charge is 2.07. The molecule has 2 aromatic carbocycles. The molecule has 6 heteroatoms. The van der Waals surface area contributed by atoms with Crippen molar-refractivity contribution in [2.45, 2.75) is 6.04 Å². The van der Waals surface area contributed by atoms with E-state index in [0.29, 0.717) is 11.3 Å². The maximum atomic E-state index is 11.4. The molecule has 0 bridgehead atoms. The molecule has 0 saturated heterocycles. The summed E-state index contributed by atoms with van der Waals surface area (Å²) in [6.45, 7) is -0.320. The van der Waals surface area contributed by atoms with Gasteiger partial charge in [0.05, 0.1) is 19.3 Å². The van der Waals surface area contributed by atoms with Gasteiger partial charge in [0.15, 0.2) is 0 Å². The second-order valence-electron chi connectivity index (χ2n) is 5.10. The van der Waals surface area contributed by atoms with Crippen LogP contribution in [-0.2, 0) is 4.74 Å². The van der Waals surface area contributed by atoms with E-state index in [0.717, 1.165) is 11.1 Å². The number of carbonyl (C=O) groups is 1. The van der Waals surface area contributed by atoms with Crippen LogP contribution in [0.25, 0.3) is 0 Å². The lowest BCUT2D eigenvalue weighted by molar-refractivity contribution is 0.0600. The van der Waals surface area contributed by atoms with Crippen LogP contribution in [0.1, 0.15) is 21.5 Å². The Labute approximate surface area is 145 Å². The highest BCUT2D eigenvalue weighted by Crippen LogP contribution is 2.12. The number of carbonyl (C=O) groups excluding carboxylic acids is 1. The molecule has 0 spiro atoms. The van der Waals surface area contributed by atoms with Crippen LogP contribution in [-0.4, -0.2) is 37.4 Å². The Morgan fingerprint density at radius 1 is 1.08 bits per heavy atom. The number of benzene rings is 2. The summed E-state index contributed by atoms with van der Waals surface area (Å²) < 4.78 is 10.0. The van der Waals surface area contributed by atoms with E-state index in [1.807, 2.05) is 0 Å². The van der Waals surface area contributed by atoms with Gasteiger partial charge < -0.3 is 14.6 Å². The molecule has 1 N–H and O–H groups in total. The summed E-state index contributed by atoms with van der Waals surface area (Å²) in [5.74, 6) is 6.19. The molecule has 0 saturated carbocycles. The van der Waals surface area contributed by atoms with Gasteiger partial charge in [-0.3, -0.25) is 0 Å². The molecule has 0 aliphatic heterocycles. The van der Waals surface area contributed by atoms with Crippen molar-refractivity contribution in [3.05, 3.63) is 70.1 Å². The van der Waals surface area contributed by atoms with E-state index in [4.69, 9.17) is 9.84 Å². The minimum Gasteiger partial charge on any atom is -0.491 e. The van der Waals surface area contributed by atoms with E-state index in [-0.39, 0.29) is 19.2 Å². The standard InChI is InChI=1S/C19H17NO5/c1-24-19(22)16-8-4-14(5-9-16)2-3-15-6-10-18(11-7-15)25-13-17(12-21)20-23/h4-11,17,21H,12-13H2,1H3. The lowest BCUT2D eigenvalue weighted by atomic mass is 10.1. The van der Waals surface area contributed by atoms with Gasteiger partial charge in [-0.05, 0) is 48.5 Å². The van der Waals surface area contributed by atoms with E-state index in [1.54, 1.807) is 48.5 Å². The first-order valence-corrected chi connectivity index (χ1v) is 7.53. The van der Waals surface area contributed by atoms with Crippen LogP contribution in [0, 0.1) is 16.7 Å². The van der Waals surface area contributed by atoms with Crippen LogP contribution in [0.2, 0.25) is 0 Å². The maximum absolute atomic E-state index is 11.4. The van der Waals surface area contributed by atoms with E-state index in [9.17, 15) is 9.70 Å². The smallest absolute Gasteiger partial charge is 0.337 e. The van der Waals surface area contributed by atoms with E-state index >= 15 is 0 Å². The second kappa shape index (κ2) is 9.21. The average Bonchev–Trinajstić information content (AvgIpc) is 2.68. The molecule has 0 fully saturated rings. The van der Waals surface area contributed by atoms with Crippen molar-refractivity contribution < 1.29 is 19.4 Å². The number of methoxy groups -OCH3 is 1. The van der Waals surface area contributed by atoms with Crippen LogP contribution in [0.5, 0.6) is 5.75 Å². The third-order valence-electron chi connectivity index (χ3n) is 3.31. The normalized spacial score (nSPS) is 11.0. The molecule has 0 amide bonds. The molecule has 0 aliphatic rings. The van der Waals surface area contributed by atoms with Crippen LogP contribution in [0.3, 0.4) is 0 Å². The average molecular weight is 339 g/mol. The molecule has 1 unspecified atom stereocenters. The highest BCUT2D eigenvalue weighted by atomic mass is 16.5. The monoisotopic (exact) mass is 339 g/mol. The number of aliphatic hydroxyl groups is 1. The number of hydrogen-bond donors (Lipinski definition) is 1. The van der Waals surface area contributed by atoms with Crippen molar-refractivity contribution in [3.8, 4) is 17.6 Å². The van der Waals surface area contributed by atoms with E-state index < -0.39 is 6.04 Å². The van der Waals surface area contributed by atoms with Gasteiger partial charge in [-0.25, -0.2) is 4.79 Å². The molecule has 0 aliphatic carbocycles. The first kappa shape index (κ1) is 18.2. The SMILES string of the molecule is COC(=O)c1ccc(C#Cc2ccc(OCC(CO)N=O)cc2)cc1. The van der Waals surface area contributed by atoms with Crippen LogP contribution in [0.15, 0.2) is 53.7 Å². The molecule has 2 rings (SSSR count). The largest absolute Gasteiger partial charge is 0.491 e. The molecule has 128 valence electrons. The molecule has 0 radical (unpaired) electrons. The first-order valence-electron chi connectivity index (χ1n) is 7.53. The van der Waals surface area contributed by atoms with Gasteiger partial charge in [0, 0.05) is 11.1 Å². The second-order valence-corrected chi connectivity index (χ2v) is 5.10. The molecule has 1 atom stereocenters. The van der Waals surface area contributed by atoms with E-state index in [1.165, 1.54) is 7.11 Å². The number of hydrogen-bond acceptors (Lipinski definition) is 6. The van der Waals surface area contributed by atoms with Gasteiger partial charge in [0.25, 0.3) is 0 Å². The van der Waals surface area contributed by atoms with Crippen molar-refractivity contribution in [2.24, 2.45) is 5.18 Å². The third-order valence-corrected chi connectivity index (χ3v) is 3.31. The van der Waals surface area contributed by atoms with Gasteiger partial charge in [0.2, 0.25) is 0 Å². The first-order chi connectivity index (χ1) is 12.2. The summed E-state index contributed by atoms with van der Waals surface area (Å²) in [6.07, 6.45) is 0. The zero-order valence-corrected chi connectivity index (χ0v) is 13.6. The van der Waals surface area contributed by atoms with Crippen molar-refractivity contribution in [3.63, 3.8) is 0 Å². The topological polar surface area (TPSA) is 85.2 Å². The maximum Gasteiger partial charge on any atom is 0.337 e. The minimum atomic E-state index is -0.771. The fraction of sp³-hybridized carbons (Fsp3) is 0.211. The molecule has 6 nitrogen and oxygen atoms in total. The summed E-state index contributed by atoms with van der Waals surface area (Å²) in [6, 6.07) is 13.1. The molecule has 2 aromatic rings. The summed E-state index contributed by atoms with van der Waals surface area (Å²) >= 11 is 0. The predicted octanol–water partition coefficient (Wildman–Crippen LogP) is 2.38. The van der Waals surface area contributed by atoms with Crippen LogP contribution in [0.4, 0.5) is 0 Å². The Bertz CT molecular complexity index is 772. The molecule has 0 heterocycles. The summed E-state index contributed by atoms with van der Waals surface area (Å²) in [7, 11) is 1.34. The van der Waals surface area contributed by atoms with Crippen molar-refractivity contribution in [1.29, 1.82) is 0 Å². The van der Waals surface area contributed by atoms with Gasteiger partial charge in [0.1, 0.15) is 18.4 Å². The Balaban J connectivity index is 1.98. The zero-order valence-electron chi connectivity index (χ0n) is 13.6. The predicted molar refractivity (Wildman–Crippen MR) is 92.4 cm³/mol. The van der Waals surface area contributed by atoms with E-state index in [2.05, 4.69) is 21.8 Å².